The fourth-order valence-electron chi connectivity index (χ4n) is 3.85. The van der Waals surface area contributed by atoms with Gasteiger partial charge in [0.25, 0.3) is 0 Å². The van der Waals surface area contributed by atoms with Crippen molar-refractivity contribution in [3.8, 4) is 17.2 Å². The van der Waals surface area contributed by atoms with Crippen LogP contribution in [0, 0.1) is 0 Å². The van der Waals surface area contributed by atoms with Gasteiger partial charge in [-0.05, 0) is 46.4 Å². The smallest absolute Gasteiger partial charge is 0.123 e. The molecule has 0 heterocycles. The van der Waals surface area contributed by atoms with Crippen molar-refractivity contribution in [1.82, 2.24) is 0 Å². The van der Waals surface area contributed by atoms with Gasteiger partial charge in [-0.3, -0.25) is 0 Å². The minimum absolute atomic E-state index is 0.0180. The molecule has 6 heteroatoms. The highest BCUT2D eigenvalue weighted by atomic mass is 16.5. The van der Waals surface area contributed by atoms with E-state index in [4.69, 9.17) is 19.3 Å². The largest absolute Gasteiger partial charge is 0.491 e. The highest BCUT2D eigenvalue weighted by molar-refractivity contribution is 5.41. The standard InChI is InChI=1S/C31H40O6/c1-30(2,3)22-9-11-23(12-10-22)31(4,5)24-13-15-27(16-14-24)35-20-26(34)21-37-29-8-6-7-28(17-29)36-19-25(33)18-32/h6-17,25-26,32-34H,18-21H2,1-5H3. The zero-order valence-corrected chi connectivity index (χ0v) is 22.5. The summed E-state index contributed by atoms with van der Waals surface area (Å²) in [7, 11) is 0. The Morgan fingerprint density at radius 1 is 0.595 bits per heavy atom. The van der Waals surface area contributed by atoms with Crippen LogP contribution >= 0.6 is 0 Å². The van der Waals surface area contributed by atoms with Crippen LogP contribution in [0.25, 0.3) is 0 Å². The molecule has 6 nitrogen and oxygen atoms in total. The molecule has 0 saturated carbocycles. The Balaban J connectivity index is 1.50. The summed E-state index contributed by atoms with van der Waals surface area (Å²) in [5.74, 6) is 1.71. The van der Waals surface area contributed by atoms with Crippen LogP contribution in [0.5, 0.6) is 17.2 Å². The van der Waals surface area contributed by atoms with Gasteiger partial charge in [-0.1, -0.05) is 77.1 Å². The van der Waals surface area contributed by atoms with Crippen molar-refractivity contribution in [2.45, 2.75) is 57.7 Å². The quantitative estimate of drug-likeness (QED) is 0.324. The van der Waals surface area contributed by atoms with Crippen LogP contribution in [0.1, 0.15) is 51.3 Å². The number of ether oxygens (including phenoxy) is 3. The molecule has 3 N–H and O–H groups in total. The third-order valence-electron chi connectivity index (χ3n) is 6.39. The topological polar surface area (TPSA) is 88.4 Å². The summed E-state index contributed by atoms with van der Waals surface area (Å²) in [5, 5.41) is 28.6. The Bertz CT molecular complexity index is 1100. The number of aliphatic hydroxyl groups is 3. The molecule has 0 fully saturated rings. The molecule has 0 aliphatic carbocycles. The summed E-state index contributed by atoms with van der Waals surface area (Å²) in [4.78, 5) is 0. The molecule has 3 aromatic carbocycles. The highest BCUT2D eigenvalue weighted by Crippen LogP contribution is 2.34. The summed E-state index contributed by atoms with van der Waals surface area (Å²) < 4.78 is 16.8. The first-order chi connectivity index (χ1) is 17.5. The molecule has 0 spiro atoms. The molecule has 3 aromatic rings. The second-order valence-electron chi connectivity index (χ2n) is 10.9. The Hall–Kier alpha value is -3.06. The molecule has 37 heavy (non-hydrogen) atoms. The Kier molecular flexibility index (Phi) is 9.60. The van der Waals surface area contributed by atoms with Crippen LogP contribution in [0.15, 0.2) is 72.8 Å². The minimum atomic E-state index is -0.941. The maximum Gasteiger partial charge on any atom is 0.123 e. The van der Waals surface area contributed by atoms with Crippen molar-refractivity contribution in [3.05, 3.63) is 89.5 Å². The number of hydrogen-bond donors (Lipinski definition) is 3. The Labute approximate surface area is 220 Å². The first kappa shape index (κ1) is 28.5. The van der Waals surface area contributed by atoms with E-state index in [2.05, 4.69) is 71.0 Å². The number of aliphatic hydroxyl groups excluding tert-OH is 3. The van der Waals surface area contributed by atoms with Crippen molar-refractivity contribution < 1.29 is 29.5 Å². The molecule has 2 unspecified atom stereocenters. The molecule has 0 aliphatic heterocycles. The molecule has 0 aromatic heterocycles. The van der Waals surface area contributed by atoms with Gasteiger partial charge in [-0.2, -0.15) is 0 Å². The van der Waals surface area contributed by atoms with Gasteiger partial charge in [0.05, 0.1) is 6.61 Å². The lowest BCUT2D eigenvalue weighted by molar-refractivity contribution is 0.0529. The molecule has 200 valence electrons. The second-order valence-corrected chi connectivity index (χ2v) is 10.9. The molecule has 0 radical (unpaired) electrons. The van der Waals surface area contributed by atoms with E-state index < -0.39 is 12.2 Å². The van der Waals surface area contributed by atoms with E-state index in [9.17, 15) is 10.2 Å². The van der Waals surface area contributed by atoms with E-state index in [1.54, 1.807) is 24.3 Å². The summed E-state index contributed by atoms with van der Waals surface area (Å²) >= 11 is 0. The third kappa shape index (κ3) is 8.22. The van der Waals surface area contributed by atoms with Gasteiger partial charge in [-0.15, -0.1) is 0 Å². The average Bonchev–Trinajstić information content (AvgIpc) is 2.89. The fraction of sp³-hybridized carbons (Fsp3) is 0.419. The van der Waals surface area contributed by atoms with E-state index in [1.165, 1.54) is 16.7 Å². The van der Waals surface area contributed by atoms with Gasteiger partial charge in [0, 0.05) is 11.5 Å². The number of rotatable bonds is 12. The lowest BCUT2D eigenvalue weighted by atomic mass is 9.77. The number of hydrogen-bond acceptors (Lipinski definition) is 6. The van der Waals surface area contributed by atoms with Crippen LogP contribution in [0.4, 0.5) is 0 Å². The van der Waals surface area contributed by atoms with Crippen LogP contribution in [0.3, 0.4) is 0 Å². The molecule has 0 saturated heterocycles. The summed E-state index contributed by atoms with van der Waals surface area (Å²) in [6.07, 6.45) is -1.76. The van der Waals surface area contributed by atoms with E-state index in [-0.39, 0.29) is 37.3 Å². The molecule has 0 amide bonds. The monoisotopic (exact) mass is 508 g/mol. The zero-order valence-electron chi connectivity index (χ0n) is 22.5. The molecular weight excluding hydrogens is 468 g/mol. The first-order valence-electron chi connectivity index (χ1n) is 12.7. The molecule has 0 bridgehead atoms. The van der Waals surface area contributed by atoms with Gasteiger partial charge in [0.1, 0.15) is 49.3 Å². The fourth-order valence-corrected chi connectivity index (χ4v) is 3.85. The minimum Gasteiger partial charge on any atom is -0.491 e. The van der Waals surface area contributed by atoms with Crippen LogP contribution in [-0.4, -0.2) is 54.0 Å². The molecule has 0 aliphatic rings. The molecule has 3 rings (SSSR count). The second kappa shape index (κ2) is 12.5. The SMILES string of the molecule is CC(C)(C)c1ccc(C(C)(C)c2ccc(OCC(O)COc3cccc(OCC(O)CO)c3)cc2)cc1. The van der Waals surface area contributed by atoms with E-state index >= 15 is 0 Å². The molecule has 2 atom stereocenters. The Morgan fingerprint density at radius 3 is 1.51 bits per heavy atom. The predicted molar refractivity (Wildman–Crippen MR) is 146 cm³/mol. The van der Waals surface area contributed by atoms with Crippen molar-refractivity contribution in [3.63, 3.8) is 0 Å². The van der Waals surface area contributed by atoms with Crippen molar-refractivity contribution in [2.75, 3.05) is 26.4 Å². The number of benzene rings is 3. The van der Waals surface area contributed by atoms with Crippen LogP contribution in [-0.2, 0) is 10.8 Å². The maximum atomic E-state index is 10.3. The van der Waals surface area contributed by atoms with Crippen molar-refractivity contribution in [1.29, 1.82) is 0 Å². The summed E-state index contributed by atoms with van der Waals surface area (Å²) in [6, 6.07) is 23.7. The summed E-state index contributed by atoms with van der Waals surface area (Å²) in [5.41, 5.74) is 3.72. The van der Waals surface area contributed by atoms with E-state index in [0.717, 1.165) is 0 Å². The van der Waals surface area contributed by atoms with Crippen LogP contribution < -0.4 is 14.2 Å². The van der Waals surface area contributed by atoms with Gasteiger partial charge in [0.2, 0.25) is 0 Å². The van der Waals surface area contributed by atoms with Gasteiger partial charge in [0.15, 0.2) is 0 Å². The van der Waals surface area contributed by atoms with Crippen molar-refractivity contribution in [2.24, 2.45) is 0 Å². The predicted octanol–water partition coefficient (Wildman–Crippen LogP) is 4.86. The maximum absolute atomic E-state index is 10.3. The normalized spacial score (nSPS) is 13.6. The zero-order chi connectivity index (χ0) is 27.1. The van der Waals surface area contributed by atoms with Crippen LogP contribution in [0.2, 0.25) is 0 Å². The van der Waals surface area contributed by atoms with E-state index in [0.29, 0.717) is 17.2 Å². The summed E-state index contributed by atoms with van der Waals surface area (Å²) in [6.45, 7) is 10.8. The van der Waals surface area contributed by atoms with Gasteiger partial charge in [-0.25, -0.2) is 0 Å². The van der Waals surface area contributed by atoms with E-state index in [1.807, 2.05) is 12.1 Å². The van der Waals surface area contributed by atoms with Gasteiger partial charge < -0.3 is 29.5 Å². The average molecular weight is 509 g/mol. The van der Waals surface area contributed by atoms with Gasteiger partial charge >= 0.3 is 0 Å². The highest BCUT2D eigenvalue weighted by Gasteiger charge is 2.24. The molecular formula is C31H40O6. The first-order valence-corrected chi connectivity index (χ1v) is 12.7. The Morgan fingerprint density at radius 2 is 1.03 bits per heavy atom. The van der Waals surface area contributed by atoms with Crippen molar-refractivity contribution >= 4 is 0 Å². The third-order valence-corrected chi connectivity index (χ3v) is 6.39. The lowest BCUT2D eigenvalue weighted by Gasteiger charge is -2.28. The lowest BCUT2D eigenvalue weighted by Crippen LogP contribution is -2.25.